The quantitative estimate of drug-likeness (QED) is 0.704. The highest BCUT2D eigenvalue weighted by atomic mass is 16.2. The molecule has 6 nitrogen and oxygen atoms in total. The average Bonchev–Trinajstić information content (AvgIpc) is 2.39. The zero-order valence-corrected chi connectivity index (χ0v) is 11.1. The molecule has 0 saturated carbocycles. The molecule has 1 aliphatic rings. The Morgan fingerprint density at radius 2 is 2.11 bits per heavy atom. The van der Waals surface area contributed by atoms with Crippen LogP contribution in [0.4, 0.5) is 11.4 Å². The molecule has 6 heteroatoms. The number of carbonyl (C=O) groups excluding carboxylic acids is 2. The Balaban J connectivity index is 2.05. The molecule has 1 heterocycles. The van der Waals surface area contributed by atoms with Crippen molar-refractivity contribution in [2.75, 3.05) is 37.4 Å². The van der Waals surface area contributed by atoms with E-state index in [0.717, 1.165) is 11.4 Å². The molecule has 1 fully saturated rings. The number of anilines is 2. The average molecular weight is 262 g/mol. The normalized spacial score (nSPS) is 18.6. The zero-order chi connectivity index (χ0) is 13.8. The van der Waals surface area contributed by atoms with Crippen molar-refractivity contribution in [1.82, 2.24) is 10.6 Å². The van der Waals surface area contributed by atoms with Crippen molar-refractivity contribution in [3.63, 3.8) is 0 Å². The molecule has 0 bridgehead atoms. The van der Waals surface area contributed by atoms with Crippen LogP contribution in [0, 0.1) is 0 Å². The van der Waals surface area contributed by atoms with Crippen LogP contribution in [0.25, 0.3) is 0 Å². The Kier molecular flexibility index (Phi) is 4.01. The molecule has 0 aliphatic carbocycles. The van der Waals surface area contributed by atoms with E-state index >= 15 is 0 Å². The number of hydrogen-bond acceptors (Lipinski definition) is 4. The van der Waals surface area contributed by atoms with Gasteiger partial charge in [0, 0.05) is 20.6 Å². The third kappa shape index (κ3) is 3.23. The van der Waals surface area contributed by atoms with Gasteiger partial charge in [-0.15, -0.1) is 0 Å². The third-order valence-electron chi connectivity index (χ3n) is 2.97. The van der Waals surface area contributed by atoms with Crippen LogP contribution in [0.15, 0.2) is 24.3 Å². The lowest BCUT2D eigenvalue weighted by Gasteiger charge is -2.24. The van der Waals surface area contributed by atoms with Gasteiger partial charge in [0.15, 0.2) is 0 Å². The molecular formula is C13H18N4O2. The first kappa shape index (κ1) is 13.4. The van der Waals surface area contributed by atoms with Crippen LogP contribution in [0.2, 0.25) is 0 Å². The first-order valence-electron chi connectivity index (χ1n) is 6.15. The maximum Gasteiger partial charge on any atom is 0.243 e. The predicted octanol–water partition coefficient (Wildman–Crippen LogP) is -0.221. The summed E-state index contributed by atoms with van der Waals surface area (Å²) < 4.78 is 0. The standard InChI is InChI=1S/C13H18N4O2/c1-17(2)11-6-4-3-5-9(11)16-13(19)10-7-15-12(18)8-14-10/h3-6,10,14H,7-8H2,1-2H3,(H,15,18)(H,16,19). The Labute approximate surface area is 112 Å². The Hall–Kier alpha value is -2.08. The van der Waals surface area contributed by atoms with Crippen LogP contribution in [-0.4, -0.2) is 45.0 Å². The molecule has 0 radical (unpaired) electrons. The number of nitrogens with one attached hydrogen (secondary N) is 3. The molecule has 2 rings (SSSR count). The Morgan fingerprint density at radius 1 is 1.37 bits per heavy atom. The van der Waals surface area contributed by atoms with E-state index in [4.69, 9.17) is 0 Å². The molecule has 0 spiro atoms. The van der Waals surface area contributed by atoms with Crippen molar-refractivity contribution in [1.29, 1.82) is 0 Å². The summed E-state index contributed by atoms with van der Waals surface area (Å²) >= 11 is 0. The van der Waals surface area contributed by atoms with Gasteiger partial charge in [-0.3, -0.25) is 14.9 Å². The molecule has 19 heavy (non-hydrogen) atoms. The minimum atomic E-state index is -0.395. The molecule has 102 valence electrons. The fourth-order valence-corrected chi connectivity index (χ4v) is 1.94. The van der Waals surface area contributed by atoms with Crippen LogP contribution < -0.4 is 20.9 Å². The molecule has 1 atom stereocenters. The number of amides is 2. The third-order valence-corrected chi connectivity index (χ3v) is 2.97. The number of benzene rings is 1. The molecule has 1 aromatic carbocycles. The van der Waals surface area contributed by atoms with Crippen molar-refractivity contribution in [3.05, 3.63) is 24.3 Å². The van der Waals surface area contributed by atoms with Crippen molar-refractivity contribution >= 4 is 23.2 Å². The molecular weight excluding hydrogens is 244 g/mol. The van der Waals surface area contributed by atoms with E-state index in [1.54, 1.807) is 0 Å². The summed E-state index contributed by atoms with van der Waals surface area (Å²) in [6.07, 6.45) is 0. The largest absolute Gasteiger partial charge is 0.376 e. The molecule has 0 aromatic heterocycles. The summed E-state index contributed by atoms with van der Waals surface area (Å²) in [6.45, 7) is 0.488. The minimum Gasteiger partial charge on any atom is -0.376 e. The van der Waals surface area contributed by atoms with Crippen molar-refractivity contribution in [2.24, 2.45) is 0 Å². The lowest BCUT2D eigenvalue weighted by molar-refractivity contribution is -0.124. The van der Waals surface area contributed by atoms with Crippen LogP contribution >= 0.6 is 0 Å². The van der Waals surface area contributed by atoms with Gasteiger partial charge in [0.1, 0.15) is 6.04 Å². The summed E-state index contributed by atoms with van der Waals surface area (Å²) in [5.41, 5.74) is 1.70. The van der Waals surface area contributed by atoms with Crippen LogP contribution in [-0.2, 0) is 9.59 Å². The second-order valence-electron chi connectivity index (χ2n) is 4.64. The van der Waals surface area contributed by atoms with Gasteiger partial charge in [0.2, 0.25) is 11.8 Å². The second kappa shape index (κ2) is 5.71. The maximum absolute atomic E-state index is 12.1. The van der Waals surface area contributed by atoms with Gasteiger partial charge in [0.25, 0.3) is 0 Å². The molecule has 1 saturated heterocycles. The van der Waals surface area contributed by atoms with Crippen LogP contribution in [0.3, 0.4) is 0 Å². The molecule has 2 amide bonds. The van der Waals surface area contributed by atoms with Gasteiger partial charge < -0.3 is 15.5 Å². The van der Waals surface area contributed by atoms with E-state index in [1.807, 2.05) is 43.3 Å². The number of piperazine rings is 1. The fourth-order valence-electron chi connectivity index (χ4n) is 1.94. The first-order valence-corrected chi connectivity index (χ1v) is 6.15. The zero-order valence-electron chi connectivity index (χ0n) is 11.1. The van der Waals surface area contributed by atoms with Crippen molar-refractivity contribution < 1.29 is 9.59 Å². The lowest BCUT2D eigenvalue weighted by Crippen LogP contribution is -2.56. The van der Waals surface area contributed by atoms with Gasteiger partial charge >= 0.3 is 0 Å². The van der Waals surface area contributed by atoms with Gasteiger partial charge in [-0.2, -0.15) is 0 Å². The van der Waals surface area contributed by atoms with Crippen LogP contribution in [0.5, 0.6) is 0 Å². The smallest absolute Gasteiger partial charge is 0.243 e. The highest BCUT2D eigenvalue weighted by molar-refractivity contribution is 5.98. The molecule has 1 aliphatic heterocycles. The molecule has 3 N–H and O–H groups in total. The summed E-state index contributed by atoms with van der Waals surface area (Å²) in [7, 11) is 3.84. The van der Waals surface area contributed by atoms with Gasteiger partial charge in [-0.05, 0) is 12.1 Å². The van der Waals surface area contributed by atoms with E-state index in [-0.39, 0.29) is 18.4 Å². The number of nitrogens with zero attached hydrogens (tertiary/aromatic N) is 1. The Bertz CT molecular complexity index is 477. The summed E-state index contributed by atoms with van der Waals surface area (Å²) in [6, 6.07) is 7.19. The summed E-state index contributed by atoms with van der Waals surface area (Å²) in [4.78, 5) is 25.1. The van der Waals surface area contributed by atoms with E-state index in [9.17, 15) is 9.59 Å². The van der Waals surface area contributed by atoms with E-state index in [1.165, 1.54) is 0 Å². The second-order valence-corrected chi connectivity index (χ2v) is 4.64. The topological polar surface area (TPSA) is 73.5 Å². The number of hydrogen-bond donors (Lipinski definition) is 3. The van der Waals surface area contributed by atoms with Crippen molar-refractivity contribution in [3.8, 4) is 0 Å². The number of carbonyl (C=O) groups is 2. The maximum atomic E-state index is 12.1. The number of para-hydroxylation sites is 2. The monoisotopic (exact) mass is 262 g/mol. The molecule has 1 unspecified atom stereocenters. The molecule has 1 aromatic rings. The highest BCUT2D eigenvalue weighted by Gasteiger charge is 2.24. The highest BCUT2D eigenvalue weighted by Crippen LogP contribution is 2.23. The van der Waals surface area contributed by atoms with Gasteiger partial charge in [0.05, 0.1) is 17.9 Å². The fraction of sp³-hybridized carbons (Fsp3) is 0.385. The summed E-state index contributed by atoms with van der Waals surface area (Å²) in [5.74, 6) is -0.230. The number of rotatable bonds is 3. The summed E-state index contributed by atoms with van der Waals surface area (Å²) in [5, 5.41) is 8.45. The van der Waals surface area contributed by atoms with Gasteiger partial charge in [-0.1, -0.05) is 12.1 Å². The van der Waals surface area contributed by atoms with Gasteiger partial charge in [-0.25, -0.2) is 0 Å². The SMILES string of the molecule is CN(C)c1ccccc1NC(=O)C1CNC(=O)CN1. The van der Waals surface area contributed by atoms with E-state index in [2.05, 4.69) is 16.0 Å². The predicted molar refractivity (Wildman–Crippen MR) is 74.2 cm³/mol. The lowest BCUT2D eigenvalue weighted by atomic mass is 10.2. The van der Waals surface area contributed by atoms with E-state index in [0.29, 0.717) is 6.54 Å². The van der Waals surface area contributed by atoms with E-state index < -0.39 is 6.04 Å². The van der Waals surface area contributed by atoms with Crippen molar-refractivity contribution in [2.45, 2.75) is 6.04 Å². The first-order chi connectivity index (χ1) is 9.08. The Morgan fingerprint density at radius 3 is 2.74 bits per heavy atom. The van der Waals surface area contributed by atoms with Crippen LogP contribution in [0.1, 0.15) is 0 Å². The minimum absolute atomic E-state index is 0.0854.